The fourth-order valence-electron chi connectivity index (χ4n) is 2.41. The van der Waals surface area contributed by atoms with Gasteiger partial charge in [0, 0.05) is 19.7 Å². The second-order valence-electron chi connectivity index (χ2n) is 5.89. The smallest absolute Gasteiger partial charge is 0.262 e. The Labute approximate surface area is 152 Å². The third-order valence-corrected chi connectivity index (χ3v) is 5.13. The number of hydrogen-bond donors (Lipinski definition) is 1. The van der Waals surface area contributed by atoms with Crippen LogP contribution in [-0.4, -0.2) is 41.0 Å². The van der Waals surface area contributed by atoms with Gasteiger partial charge in [0.15, 0.2) is 5.16 Å². The first-order valence-corrected chi connectivity index (χ1v) is 9.32. The Morgan fingerprint density at radius 3 is 2.76 bits per heavy atom. The summed E-state index contributed by atoms with van der Waals surface area (Å²) in [4.78, 5) is 29.8. The Morgan fingerprint density at radius 2 is 2.08 bits per heavy atom. The Balaban J connectivity index is 2.35. The van der Waals surface area contributed by atoms with Crippen LogP contribution in [0.4, 0.5) is 0 Å². The third kappa shape index (κ3) is 4.61. The molecule has 2 atom stereocenters. The Morgan fingerprint density at radius 1 is 1.36 bits per heavy atom. The first kappa shape index (κ1) is 19.5. The van der Waals surface area contributed by atoms with E-state index < -0.39 is 0 Å². The van der Waals surface area contributed by atoms with Crippen LogP contribution in [0.5, 0.6) is 0 Å². The second kappa shape index (κ2) is 9.01. The van der Waals surface area contributed by atoms with E-state index in [1.54, 1.807) is 17.7 Å². The SMILES string of the molecule is CC[C@@H](C)n1c(S[C@@H](C)C(=O)NCCOC)nc2ccccc2c1=O. The molecule has 136 valence electrons. The van der Waals surface area contributed by atoms with Crippen molar-refractivity contribution < 1.29 is 9.53 Å². The molecule has 1 N–H and O–H groups in total. The second-order valence-corrected chi connectivity index (χ2v) is 7.20. The summed E-state index contributed by atoms with van der Waals surface area (Å²) in [7, 11) is 1.59. The number of fused-ring (bicyclic) bond motifs is 1. The molecule has 1 aromatic carbocycles. The number of para-hydroxylation sites is 1. The first-order chi connectivity index (χ1) is 12.0. The summed E-state index contributed by atoms with van der Waals surface area (Å²) in [6, 6.07) is 7.32. The summed E-state index contributed by atoms with van der Waals surface area (Å²) < 4.78 is 6.64. The molecule has 0 spiro atoms. The van der Waals surface area contributed by atoms with Crippen molar-refractivity contribution in [1.29, 1.82) is 0 Å². The van der Waals surface area contributed by atoms with E-state index in [4.69, 9.17) is 4.74 Å². The van der Waals surface area contributed by atoms with Crippen LogP contribution >= 0.6 is 11.8 Å². The van der Waals surface area contributed by atoms with Gasteiger partial charge in [0.2, 0.25) is 5.91 Å². The average molecular weight is 363 g/mol. The number of benzene rings is 1. The highest BCUT2D eigenvalue weighted by Gasteiger charge is 2.21. The van der Waals surface area contributed by atoms with E-state index in [0.717, 1.165) is 6.42 Å². The number of carbonyl (C=O) groups is 1. The highest BCUT2D eigenvalue weighted by atomic mass is 32.2. The largest absolute Gasteiger partial charge is 0.383 e. The van der Waals surface area contributed by atoms with Crippen LogP contribution in [0.25, 0.3) is 10.9 Å². The Kier molecular flexibility index (Phi) is 7.01. The zero-order valence-corrected chi connectivity index (χ0v) is 15.9. The van der Waals surface area contributed by atoms with Gasteiger partial charge in [-0.15, -0.1) is 0 Å². The molecule has 0 saturated heterocycles. The number of hydrogen-bond acceptors (Lipinski definition) is 5. The zero-order valence-electron chi connectivity index (χ0n) is 15.1. The summed E-state index contributed by atoms with van der Waals surface area (Å²) in [5.74, 6) is -0.0971. The fourth-order valence-corrected chi connectivity index (χ4v) is 3.45. The summed E-state index contributed by atoms with van der Waals surface area (Å²) in [5, 5.41) is 3.63. The van der Waals surface area contributed by atoms with Crippen molar-refractivity contribution in [3.8, 4) is 0 Å². The van der Waals surface area contributed by atoms with Gasteiger partial charge in [0.1, 0.15) is 0 Å². The standard InChI is InChI=1S/C18H25N3O3S/c1-5-12(2)21-17(23)14-8-6-7-9-15(14)20-18(21)25-13(3)16(22)19-10-11-24-4/h6-9,12-13H,5,10-11H2,1-4H3,(H,19,22)/t12-,13+/m1/s1. The predicted molar refractivity (Wildman–Crippen MR) is 101 cm³/mol. The van der Waals surface area contributed by atoms with Crippen molar-refractivity contribution >= 4 is 28.6 Å². The summed E-state index contributed by atoms with van der Waals surface area (Å²) >= 11 is 1.31. The summed E-state index contributed by atoms with van der Waals surface area (Å²) in [6.45, 7) is 6.76. The number of nitrogens with zero attached hydrogens (tertiary/aromatic N) is 2. The molecule has 1 aromatic heterocycles. The molecule has 0 radical (unpaired) electrons. The molecule has 0 aliphatic rings. The predicted octanol–water partition coefficient (Wildman–Crippen LogP) is 2.61. The van der Waals surface area contributed by atoms with Crippen molar-refractivity contribution in [2.45, 2.75) is 43.6 Å². The maximum absolute atomic E-state index is 12.9. The van der Waals surface area contributed by atoms with E-state index in [0.29, 0.717) is 29.2 Å². The lowest BCUT2D eigenvalue weighted by atomic mass is 10.2. The molecule has 0 aliphatic heterocycles. The minimum absolute atomic E-state index is 0.0101. The molecular formula is C18H25N3O3S. The lowest BCUT2D eigenvalue weighted by Crippen LogP contribution is -2.34. The van der Waals surface area contributed by atoms with Crippen LogP contribution in [0.2, 0.25) is 0 Å². The molecule has 0 aliphatic carbocycles. The maximum atomic E-state index is 12.9. The van der Waals surface area contributed by atoms with Crippen LogP contribution < -0.4 is 10.9 Å². The van der Waals surface area contributed by atoms with Gasteiger partial charge in [-0.05, 0) is 32.4 Å². The van der Waals surface area contributed by atoms with E-state index in [1.165, 1.54) is 11.8 Å². The molecule has 1 heterocycles. The van der Waals surface area contributed by atoms with Gasteiger partial charge < -0.3 is 10.1 Å². The molecule has 25 heavy (non-hydrogen) atoms. The quantitative estimate of drug-likeness (QED) is 0.443. The van der Waals surface area contributed by atoms with Gasteiger partial charge in [-0.3, -0.25) is 14.2 Å². The van der Waals surface area contributed by atoms with Crippen LogP contribution in [0.1, 0.15) is 33.2 Å². The normalized spacial score (nSPS) is 13.6. The van der Waals surface area contributed by atoms with Crippen LogP contribution in [0.3, 0.4) is 0 Å². The van der Waals surface area contributed by atoms with Crippen molar-refractivity contribution in [3.05, 3.63) is 34.6 Å². The van der Waals surface area contributed by atoms with E-state index in [9.17, 15) is 9.59 Å². The maximum Gasteiger partial charge on any atom is 0.262 e. The van der Waals surface area contributed by atoms with Crippen molar-refractivity contribution in [2.24, 2.45) is 0 Å². The van der Waals surface area contributed by atoms with Crippen LogP contribution in [0.15, 0.2) is 34.2 Å². The molecule has 0 bridgehead atoms. The van der Waals surface area contributed by atoms with Crippen molar-refractivity contribution in [1.82, 2.24) is 14.9 Å². The van der Waals surface area contributed by atoms with Crippen LogP contribution in [0, 0.1) is 0 Å². The molecule has 0 unspecified atom stereocenters. The number of rotatable bonds is 8. The first-order valence-electron chi connectivity index (χ1n) is 8.44. The van der Waals surface area contributed by atoms with Crippen molar-refractivity contribution in [3.63, 3.8) is 0 Å². The lowest BCUT2D eigenvalue weighted by Gasteiger charge is -2.20. The number of methoxy groups -OCH3 is 1. The van der Waals surface area contributed by atoms with Crippen LogP contribution in [-0.2, 0) is 9.53 Å². The number of ether oxygens (including phenoxy) is 1. The van der Waals surface area contributed by atoms with Gasteiger partial charge in [-0.1, -0.05) is 30.8 Å². The molecule has 1 amide bonds. The van der Waals surface area contributed by atoms with E-state index in [-0.39, 0.29) is 22.8 Å². The highest BCUT2D eigenvalue weighted by molar-refractivity contribution is 8.00. The van der Waals surface area contributed by atoms with Gasteiger partial charge in [0.05, 0.1) is 22.8 Å². The Bertz CT molecular complexity index is 791. The van der Waals surface area contributed by atoms with E-state index in [1.807, 2.05) is 39.0 Å². The number of nitrogens with one attached hydrogen (secondary N) is 1. The lowest BCUT2D eigenvalue weighted by molar-refractivity contribution is -0.120. The zero-order chi connectivity index (χ0) is 18.4. The van der Waals surface area contributed by atoms with E-state index >= 15 is 0 Å². The highest BCUT2D eigenvalue weighted by Crippen LogP contribution is 2.25. The van der Waals surface area contributed by atoms with Gasteiger partial charge in [-0.2, -0.15) is 0 Å². The minimum Gasteiger partial charge on any atom is -0.383 e. The molecule has 6 nitrogen and oxygen atoms in total. The molecule has 2 rings (SSSR count). The summed E-state index contributed by atoms with van der Waals surface area (Å²) in [5.41, 5.74) is 0.594. The molecule has 7 heteroatoms. The number of amides is 1. The molecular weight excluding hydrogens is 338 g/mol. The number of carbonyl (C=O) groups excluding carboxylic acids is 1. The summed E-state index contributed by atoms with van der Waals surface area (Å²) in [6.07, 6.45) is 0.807. The molecule has 0 saturated carbocycles. The topological polar surface area (TPSA) is 73.2 Å². The monoisotopic (exact) mass is 363 g/mol. The molecule has 2 aromatic rings. The third-order valence-electron chi connectivity index (χ3n) is 4.06. The van der Waals surface area contributed by atoms with Gasteiger partial charge in [0.25, 0.3) is 5.56 Å². The fraction of sp³-hybridized carbons (Fsp3) is 0.500. The minimum atomic E-state index is -0.361. The van der Waals surface area contributed by atoms with Gasteiger partial charge >= 0.3 is 0 Å². The Hall–Kier alpha value is -1.86. The van der Waals surface area contributed by atoms with Gasteiger partial charge in [-0.25, -0.2) is 4.98 Å². The molecule has 0 fully saturated rings. The number of aromatic nitrogens is 2. The average Bonchev–Trinajstić information content (AvgIpc) is 2.61. The van der Waals surface area contributed by atoms with Crippen molar-refractivity contribution in [2.75, 3.05) is 20.3 Å². The van der Waals surface area contributed by atoms with E-state index in [2.05, 4.69) is 10.3 Å². The number of thioether (sulfide) groups is 1.